The lowest BCUT2D eigenvalue weighted by molar-refractivity contribution is -0.522. The molecule has 1 N–H and O–H groups in total. The summed E-state index contributed by atoms with van der Waals surface area (Å²) >= 11 is 0. The van der Waals surface area contributed by atoms with Gasteiger partial charge in [-0.05, 0) is 0 Å². The van der Waals surface area contributed by atoms with E-state index in [2.05, 4.69) is 0 Å². The molecule has 0 aliphatic carbocycles. The van der Waals surface area contributed by atoms with Crippen molar-refractivity contribution < 1.29 is 9.66 Å². The zero-order chi connectivity index (χ0) is 5.28. The van der Waals surface area contributed by atoms with Gasteiger partial charge in [0.1, 0.15) is 0 Å². The van der Waals surface area contributed by atoms with E-state index in [4.69, 9.17) is 0 Å². The van der Waals surface area contributed by atoms with Crippen LogP contribution in [-0.2, 0) is 4.79 Å². The number of hydrogen-bond acceptors (Lipinski definition) is 2. The number of carbonyl (C=O) groups is 1. The number of hydrogen-bond donors (Lipinski definition) is 1. The summed E-state index contributed by atoms with van der Waals surface area (Å²) in [4.78, 5) is 20.3. The van der Waals surface area contributed by atoms with Gasteiger partial charge in [-0.25, -0.2) is 0 Å². The van der Waals surface area contributed by atoms with E-state index in [1.54, 1.807) is 0 Å². The Hall–Kier alpha value is -1.19. The summed E-state index contributed by atoms with van der Waals surface area (Å²) in [6.07, 6.45) is 2.27. The molecule has 0 aromatic rings. The average Bonchev–Trinajstić information content (AvgIpc) is 1.87. The van der Waals surface area contributed by atoms with E-state index in [0.717, 1.165) is 12.3 Å². The predicted molar refractivity (Wildman–Crippen MR) is 20.9 cm³/mol. The number of amides is 1. The van der Waals surface area contributed by atoms with Gasteiger partial charge in [-0.2, -0.15) is 0 Å². The summed E-state index contributed by atoms with van der Waals surface area (Å²) in [5.41, 5.74) is 1.94. The highest BCUT2D eigenvalue weighted by Gasteiger charge is 2.15. The minimum atomic E-state index is -0.366. The van der Waals surface area contributed by atoms with Gasteiger partial charge in [-0.15, -0.1) is 0 Å². The second kappa shape index (κ2) is 1.14. The van der Waals surface area contributed by atoms with Crippen molar-refractivity contribution in [2.24, 2.45) is 0 Å². The zero-order valence-corrected chi connectivity index (χ0v) is 3.42. The Morgan fingerprint density at radius 1 is 1.71 bits per heavy atom. The summed E-state index contributed by atoms with van der Waals surface area (Å²) in [5.74, 6) is -0.366. The summed E-state index contributed by atoms with van der Waals surface area (Å²) in [7, 11) is 0. The molecule has 0 bridgehead atoms. The number of nitrogens with zero attached hydrogens (tertiary/aromatic N) is 1. The van der Waals surface area contributed by atoms with Crippen LogP contribution in [0.3, 0.4) is 0 Å². The molecule has 7 heavy (non-hydrogen) atoms. The molecule has 0 spiro atoms. The molecule has 1 aliphatic heterocycles. The molecule has 0 unspecified atom stereocenters. The van der Waals surface area contributed by atoms with Crippen molar-refractivity contribution in [1.82, 2.24) is 5.43 Å². The molecule has 0 aromatic heterocycles. The molecule has 0 radical (unpaired) electrons. The Labute approximate surface area is 39.4 Å². The second-order valence-electron chi connectivity index (χ2n) is 1.12. The lowest BCUT2D eigenvalue weighted by Crippen LogP contribution is -2.20. The van der Waals surface area contributed by atoms with E-state index in [-0.39, 0.29) is 5.91 Å². The molecule has 0 atom stereocenters. The standard InChI is InChI=1S/C3H2N2O2/c6-3-1-2-5(7)4-3/h1-2H/p+1. The highest BCUT2D eigenvalue weighted by atomic mass is 16.3. The van der Waals surface area contributed by atoms with Crippen LogP contribution in [0.4, 0.5) is 0 Å². The first-order valence-electron chi connectivity index (χ1n) is 1.74. The minimum Gasteiger partial charge on any atom is -0.264 e. The summed E-state index contributed by atoms with van der Waals surface area (Å²) in [6.45, 7) is 0. The van der Waals surface area contributed by atoms with Crippen LogP contribution in [-0.4, -0.2) is 10.8 Å². The molecule has 4 heteroatoms. The van der Waals surface area contributed by atoms with Crippen molar-refractivity contribution in [3.8, 4) is 0 Å². The van der Waals surface area contributed by atoms with Gasteiger partial charge in [0.2, 0.25) is 0 Å². The van der Waals surface area contributed by atoms with E-state index in [9.17, 15) is 9.70 Å². The maximum Gasteiger partial charge on any atom is 0.308 e. The molecule has 1 amide bonds. The fourth-order valence-corrected chi connectivity index (χ4v) is 0.319. The van der Waals surface area contributed by atoms with Crippen molar-refractivity contribution in [1.29, 1.82) is 0 Å². The fraction of sp³-hybridized carbons (Fsp3) is 0. The molecule has 1 rings (SSSR count). The molecular weight excluding hydrogens is 96.0 g/mol. The van der Waals surface area contributed by atoms with Gasteiger partial charge in [0.05, 0.1) is 11.0 Å². The maximum absolute atomic E-state index is 10.0. The molecule has 0 fully saturated rings. The summed E-state index contributed by atoms with van der Waals surface area (Å²) in [6, 6.07) is 0. The Balaban J connectivity index is 2.76. The largest absolute Gasteiger partial charge is 0.308 e. The van der Waals surface area contributed by atoms with Crippen LogP contribution >= 0.6 is 0 Å². The molecule has 36 valence electrons. The van der Waals surface area contributed by atoms with Gasteiger partial charge in [0.25, 0.3) is 6.20 Å². The normalized spacial score (nSPS) is 17.7. The molecule has 1 heterocycles. The Kier molecular flexibility index (Phi) is 0.651. The third-order valence-corrected chi connectivity index (χ3v) is 0.582. The van der Waals surface area contributed by atoms with Crippen molar-refractivity contribution in [2.45, 2.75) is 0 Å². The third-order valence-electron chi connectivity index (χ3n) is 0.582. The van der Waals surface area contributed by atoms with Crippen LogP contribution < -0.4 is 5.43 Å². The number of rotatable bonds is 0. The van der Waals surface area contributed by atoms with Crippen LogP contribution in [0, 0.1) is 4.91 Å². The summed E-state index contributed by atoms with van der Waals surface area (Å²) in [5, 5.41) is 0. The number of carbonyl (C=O) groups excluding carboxylic acids is 1. The van der Waals surface area contributed by atoms with Gasteiger partial charge in [-0.1, -0.05) is 5.43 Å². The van der Waals surface area contributed by atoms with Gasteiger partial charge < -0.3 is 0 Å². The van der Waals surface area contributed by atoms with E-state index in [1.165, 1.54) is 0 Å². The number of nitrogens with one attached hydrogen (secondary N) is 1. The van der Waals surface area contributed by atoms with Crippen LogP contribution in [0.2, 0.25) is 0 Å². The Morgan fingerprint density at radius 3 is 2.57 bits per heavy atom. The van der Waals surface area contributed by atoms with Crippen molar-refractivity contribution in [3.05, 3.63) is 17.2 Å². The monoisotopic (exact) mass is 99.0 g/mol. The van der Waals surface area contributed by atoms with Gasteiger partial charge in [0.15, 0.2) is 4.87 Å². The lowest BCUT2D eigenvalue weighted by Gasteiger charge is -1.70. The van der Waals surface area contributed by atoms with Crippen LogP contribution in [0.5, 0.6) is 0 Å². The van der Waals surface area contributed by atoms with Crippen LogP contribution in [0.1, 0.15) is 0 Å². The smallest absolute Gasteiger partial charge is 0.264 e. The van der Waals surface area contributed by atoms with Gasteiger partial charge in [-0.3, -0.25) is 4.79 Å². The van der Waals surface area contributed by atoms with Crippen LogP contribution in [0.25, 0.3) is 0 Å². The first kappa shape index (κ1) is 3.98. The molecular formula is C3H3N2O2+. The molecule has 0 aromatic carbocycles. The average molecular weight is 99.1 g/mol. The highest BCUT2D eigenvalue weighted by molar-refractivity contribution is 5.87. The quantitative estimate of drug-likeness (QED) is 0.409. The minimum absolute atomic E-state index is 0.350. The van der Waals surface area contributed by atoms with Crippen LogP contribution in [0.15, 0.2) is 12.3 Å². The number of nitroso groups, excluding NO2 is 1. The Morgan fingerprint density at radius 2 is 2.43 bits per heavy atom. The first-order chi connectivity index (χ1) is 3.29. The van der Waals surface area contributed by atoms with E-state index in [1.807, 2.05) is 5.43 Å². The molecule has 1 aliphatic rings. The van der Waals surface area contributed by atoms with E-state index >= 15 is 0 Å². The predicted octanol–water partition coefficient (Wildman–Crippen LogP) is -0.676. The lowest BCUT2D eigenvalue weighted by atomic mass is 10.6. The summed E-state index contributed by atoms with van der Waals surface area (Å²) < 4.78 is 0. The highest BCUT2D eigenvalue weighted by Crippen LogP contribution is 1.81. The van der Waals surface area contributed by atoms with Gasteiger partial charge in [0, 0.05) is 0 Å². The third kappa shape index (κ3) is 0.623. The van der Waals surface area contributed by atoms with Crippen molar-refractivity contribution in [3.63, 3.8) is 0 Å². The fourth-order valence-electron chi connectivity index (χ4n) is 0.319. The first-order valence-corrected chi connectivity index (χ1v) is 1.74. The maximum atomic E-state index is 10.0. The Bertz CT molecular complexity index is 133. The van der Waals surface area contributed by atoms with Gasteiger partial charge >= 0.3 is 5.91 Å². The number of hydrazine groups is 1. The van der Waals surface area contributed by atoms with Crippen molar-refractivity contribution >= 4 is 5.91 Å². The molecule has 0 saturated heterocycles. The van der Waals surface area contributed by atoms with E-state index < -0.39 is 0 Å². The molecule has 4 nitrogen and oxygen atoms in total. The SMILES string of the molecule is O=C1C=C[N+](=O)N1. The van der Waals surface area contributed by atoms with Crippen molar-refractivity contribution in [2.75, 3.05) is 0 Å². The zero-order valence-electron chi connectivity index (χ0n) is 3.42. The second-order valence-corrected chi connectivity index (χ2v) is 1.12. The van der Waals surface area contributed by atoms with E-state index in [0.29, 0.717) is 4.87 Å². The molecule has 0 saturated carbocycles. The topological polar surface area (TPSA) is 49.2 Å².